The maximum absolute atomic E-state index is 3.96. The lowest BCUT2D eigenvalue weighted by Crippen LogP contribution is -2.10. The highest BCUT2D eigenvalue weighted by Gasteiger charge is 2.10. The van der Waals surface area contributed by atoms with Crippen molar-refractivity contribution in [1.29, 1.82) is 0 Å². The van der Waals surface area contributed by atoms with E-state index in [9.17, 15) is 0 Å². The highest BCUT2D eigenvalue weighted by Crippen LogP contribution is 2.23. The Hall–Kier alpha value is -1.77. The molecule has 0 bridgehead atoms. The fraction of sp³-hybridized carbons (Fsp3) is 0.357. The molecule has 0 radical (unpaired) electrons. The fourth-order valence-electron chi connectivity index (χ4n) is 1.95. The molecule has 1 heterocycles. The fourth-order valence-corrected chi connectivity index (χ4v) is 1.95. The summed E-state index contributed by atoms with van der Waals surface area (Å²) in [5.74, 6) is 0. The zero-order valence-electron chi connectivity index (χ0n) is 10.2. The summed E-state index contributed by atoms with van der Waals surface area (Å²) in [5.41, 5.74) is 2.39. The predicted octanol–water partition coefficient (Wildman–Crippen LogP) is 3.75. The van der Waals surface area contributed by atoms with Gasteiger partial charge in [0.25, 0.3) is 0 Å². The lowest BCUT2D eigenvalue weighted by Gasteiger charge is -2.19. The van der Waals surface area contributed by atoms with Gasteiger partial charge in [-0.2, -0.15) is 5.10 Å². The molecule has 2 aromatic rings. The number of rotatable bonds is 6. The average molecular weight is 229 g/mol. The van der Waals surface area contributed by atoms with Crippen molar-refractivity contribution in [1.82, 2.24) is 10.2 Å². The highest BCUT2D eigenvalue weighted by molar-refractivity contribution is 5.41. The summed E-state index contributed by atoms with van der Waals surface area (Å²) in [6.07, 6.45) is 7.30. The van der Waals surface area contributed by atoms with E-state index in [4.69, 9.17) is 0 Å². The maximum Gasteiger partial charge on any atom is 0.0728 e. The number of aromatic nitrogens is 2. The van der Waals surface area contributed by atoms with Gasteiger partial charge in [-0.3, -0.25) is 5.10 Å². The molecular formula is C14H19N3. The normalized spacial score (nSPS) is 12.3. The van der Waals surface area contributed by atoms with E-state index in [1.54, 1.807) is 0 Å². The Morgan fingerprint density at radius 1 is 1.29 bits per heavy atom. The molecule has 2 N–H and O–H groups in total. The summed E-state index contributed by atoms with van der Waals surface area (Å²) in [4.78, 5) is 0. The van der Waals surface area contributed by atoms with Crippen LogP contribution in [0, 0.1) is 0 Å². The molecule has 3 heteroatoms. The van der Waals surface area contributed by atoms with Crippen molar-refractivity contribution >= 4 is 5.69 Å². The standard InChI is InChI=1S/C14H19N3/c1-2-3-9-14(12-7-5-4-6-8-12)17-13-10-15-16-11-13/h4-8,10-11,14,17H,2-3,9H2,1H3,(H,15,16). The second-order valence-electron chi connectivity index (χ2n) is 4.24. The number of benzene rings is 1. The van der Waals surface area contributed by atoms with E-state index >= 15 is 0 Å². The van der Waals surface area contributed by atoms with Crippen molar-refractivity contribution in [2.24, 2.45) is 0 Å². The van der Waals surface area contributed by atoms with Crippen LogP contribution in [0.2, 0.25) is 0 Å². The van der Waals surface area contributed by atoms with Gasteiger partial charge in [-0.05, 0) is 12.0 Å². The molecule has 0 saturated heterocycles. The van der Waals surface area contributed by atoms with E-state index in [1.165, 1.54) is 18.4 Å². The Bertz CT molecular complexity index is 408. The number of H-pyrrole nitrogens is 1. The Balaban J connectivity index is 2.08. The third-order valence-corrected chi connectivity index (χ3v) is 2.89. The lowest BCUT2D eigenvalue weighted by molar-refractivity contribution is 0.634. The number of nitrogens with zero attached hydrogens (tertiary/aromatic N) is 1. The van der Waals surface area contributed by atoms with Gasteiger partial charge in [0.2, 0.25) is 0 Å². The zero-order chi connectivity index (χ0) is 11.9. The summed E-state index contributed by atoms with van der Waals surface area (Å²) in [6.45, 7) is 2.22. The van der Waals surface area contributed by atoms with Crippen LogP contribution in [0.25, 0.3) is 0 Å². The monoisotopic (exact) mass is 229 g/mol. The van der Waals surface area contributed by atoms with Gasteiger partial charge in [0, 0.05) is 6.20 Å². The van der Waals surface area contributed by atoms with Gasteiger partial charge < -0.3 is 5.32 Å². The average Bonchev–Trinajstić information content (AvgIpc) is 2.88. The second kappa shape index (κ2) is 6.09. The SMILES string of the molecule is CCCCC(Nc1cn[nH]c1)c1ccccc1. The van der Waals surface area contributed by atoms with Crippen LogP contribution in [0.15, 0.2) is 42.7 Å². The minimum absolute atomic E-state index is 0.369. The Labute approximate surface area is 102 Å². The summed E-state index contributed by atoms with van der Waals surface area (Å²) in [5, 5.41) is 10.3. The van der Waals surface area contributed by atoms with E-state index in [2.05, 4.69) is 52.8 Å². The second-order valence-corrected chi connectivity index (χ2v) is 4.24. The minimum atomic E-state index is 0.369. The third-order valence-electron chi connectivity index (χ3n) is 2.89. The molecule has 0 spiro atoms. The molecule has 2 rings (SSSR count). The molecular weight excluding hydrogens is 210 g/mol. The first-order valence-electron chi connectivity index (χ1n) is 6.20. The van der Waals surface area contributed by atoms with Gasteiger partial charge in [0.05, 0.1) is 17.9 Å². The van der Waals surface area contributed by atoms with E-state index < -0.39 is 0 Å². The summed E-state index contributed by atoms with van der Waals surface area (Å²) in [6, 6.07) is 10.9. The molecule has 17 heavy (non-hydrogen) atoms. The van der Waals surface area contributed by atoms with Gasteiger partial charge in [-0.1, -0.05) is 50.1 Å². The first kappa shape index (κ1) is 11.7. The maximum atomic E-state index is 3.96. The Morgan fingerprint density at radius 2 is 2.12 bits per heavy atom. The van der Waals surface area contributed by atoms with E-state index in [-0.39, 0.29) is 0 Å². The first-order chi connectivity index (χ1) is 8.40. The van der Waals surface area contributed by atoms with Crippen LogP contribution in [0.5, 0.6) is 0 Å². The van der Waals surface area contributed by atoms with Crippen molar-refractivity contribution in [3.05, 3.63) is 48.3 Å². The van der Waals surface area contributed by atoms with Gasteiger partial charge in [-0.15, -0.1) is 0 Å². The van der Waals surface area contributed by atoms with Crippen molar-refractivity contribution in [3.8, 4) is 0 Å². The van der Waals surface area contributed by atoms with Gasteiger partial charge >= 0.3 is 0 Å². The number of unbranched alkanes of at least 4 members (excludes halogenated alkanes) is 1. The Kier molecular flexibility index (Phi) is 4.19. The molecule has 0 aliphatic rings. The lowest BCUT2D eigenvalue weighted by atomic mass is 10.0. The van der Waals surface area contributed by atoms with Crippen LogP contribution in [0.3, 0.4) is 0 Å². The van der Waals surface area contributed by atoms with Crippen LogP contribution in [-0.2, 0) is 0 Å². The predicted molar refractivity (Wildman–Crippen MR) is 70.9 cm³/mol. The molecule has 1 atom stereocenters. The summed E-state index contributed by atoms with van der Waals surface area (Å²) < 4.78 is 0. The van der Waals surface area contributed by atoms with E-state index in [0.29, 0.717) is 6.04 Å². The smallest absolute Gasteiger partial charge is 0.0728 e. The van der Waals surface area contributed by atoms with Crippen molar-refractivity contribution < 1.29 is 0 Å². The number of hydrogen-bond donors (Lipinski definition) is 2. The molecule has 1 aromatic carbocycles. The molecule has 0 aliphatic carbocycles. The van der Waals surface area contributed by atoms with Crippen LogP contribution in [-0.4, -0.2) is 10.2 Å². The molecule has 1 aromatic heterocycles. The number of aromatic amines is 1. The topological polar surface area (TPSA) is 40.7 Å². The van der Waals surface area contributed by atoms with E-state index in [0.717, 1.165) is 12.1 Å². The molecule has 0 amide bonds. The Morgan fingerprint density at radius 3 is 2.76 bits per heavy atom. The van der Waals surface area contributed by atoms with Crippen molar-refractivity contribution in [3.63, 3.8) is 0 Å². The van der Waals surface area contributed by atoms with Crippen molar-refractivity contribution in [2.45, 2.75) is 32.2 Å². The molecule has 0 saturated carbocycles. The third kappa shape index (κ3) is 3.34. The van der Waals surface area contributed by atoms with Gasteiger partial charge in [0.15, 0.2) is 0 Å². The molecule has 90 valence electrons. The minimum Gasteiger partial charge on any atom is -0.376 e. The number of hydrogen-bond acceptors (Lipinski definition) is 2. The van der Waals surface area contributed by atoms with Crippen LogP contribution in [0.4, 0.5) is 5.69 Å². The van der Waals surface area contributed by atoms with E-state index in [1.807, 2.05) is 12.4 Å². The molecule has 0 fully saturated rings. The largest absolute Gasteiger partial charge is 0.376 e. The molecule has 1 unspecified atom stereocenters. The van der Waals surface area contributed by atoms with Crippen LogP contribution >= 0.6 is 0 Å². The van der Waals surface area contributed by atoms with Gasteiger partial charge in [0.1, 0.15) is 0 Å². The quantitative estimate of drug-likeness (QED) is 0.792. The van der Waals surface area contributed by atoms with Crippen molar-refractivity contribution in [2.75, 3.05) is 5.32 Å². The molecule has 0 aliphatic heterocycles. The first-order valence-corrected chi connectivity index (χ1v) is 6.20. The van der Waals surface area contributed by atoms with Crippen LogP contribution in [0.1, 0.15) is 37.8 Å². The summed E-state index contributed by atoms with van der Waals surface area (Å²) >= 11 is 0. The molecule has 3 nitrogen and oxygen atoms in total. The highest BCUT2D eigenvalue weighted by atomic mass is 15.1. The summed E-state index contributed by atoms with van der Waals surface area (Å²) in [7, 11) is 0. The van der Waals surface area contributed by atoms with Crippen LogP contribution < -0.4 is 5.32 Å². The zero-order valence-corrected chi connectivity index (χ0v) is 10.2. The number of anilines is 1. The van der Waals surface area contributed by atoms with Gasteiger partial charge in [-0.25, -0.2) is 0 Å². The number of nitrogens with one attached hydrogen (secondary N) is 2.